The van der Waals surface area contributed by atoms with Crippen molar-refractivity contribution in [2.75, 3.05) is 19.7 Å². The van der Waals surface area contributed by atoms with Gasteiger partial charge in [-0.25, -0.2) is 0 Å². The largest absolute Gasteiger partial charge is 0.484 e. The summed E-state index contributed by atoms with van der Waals surface area (Å²) in [6.07, 6.45) is 0.851. The van der Waals surface area contributed by atoms with Crippen LogP contribution in [-0.2, 0) is 4.79 Å². The zero-order valence-corrected chi connectivity index (χ0v) is 12.9. The van der Waals surface area contributed by atoms with Crippen LogP contribution in [0.5, 0.6) is 5.75 Å². The van der Waals surface area contributed by atoms with E-state index in [1.807, 2.05) is 35.2 Å². The number of carbonyl (C=O) groups is 1. The Bertz CT molecular complexity index is 437. The van der Waals surface area contributed by atoms with Crippen molar-refractivity contribution in [1.82, 2.24) is 4.90 Å². The number of carbonyl (C=O) groups excluding carboxylic acids is 1. The maximum atomic E-state index is 12.1. The number of piperidine rings is 1. The first-order valence-corrected chi connectivity index (χ1v) is 6.70. The van der Waals surface area contributed by atoms with Gasteiger partial charge in [0.05, 0.1) is 0 Å². The number of hydrogen-bond donors (Lipinski definition) is 1. The molecule has 4 nitrogen and oxygen atoms in total. The fourth-order valence-corrected chi connectivity index (χ4v) is 2.34. The number of halogens is 1. The minimum atomic E-state index is -0.0271. The molecule has 0 aromatic heterocycles. The van der Waals surface area contributed by atoms with E-state index in [1.54, 1.807) is 0 Å². The van der Waals surface area contributed by atoms with E-state index in [0.717, 1.165) is 18.7 Å². The Balaban J connectivity index is 0.00000200. The molecule has 1 fully saturated rings. The maximum absolute atomic E-state index is 12.1. The lowest BCUT2D eigenvalue weighted by Crippen LogP contribution is -2.54. The van der Waals surface area contributed by atoms with E-state index in [-0.39, 0.29) is 36.4 Å². The van der Waals surface area contributed by atoms with Crippen LogP contribution in [-0.4, -0.2) is 36.5 Å². The number of nitrogens with zero attached hydrogens (tertiary/aromatic N) is 1. The van der Waals surface area contributed by atoms with Crippen molar-refractivity contribution in [3.05, 3.63) is 30.3 Å². The summed E-state index contributed by atoms with van der Waals surface area (Å²) in [4.78, 5) is 14.0. The maximum Gasteiger partial charge on any atom is 0.260 e. The van der Waals surface area contributed by atoms with E-state index in [4.69, 9.17) is 10.5 Å². The molecule has 0 aliphatic carbocycles. The van der Waals surface area contributed by atoms with E-state index in [9.17, 15) is 4.79 Å². The van der Waals surface area contributed by atoms with Gasteiger partial charge < -0.3 is 15.4 Å². The number of nitrogens with two attached hydrogens (primary N) is 1. The average Bonchev–Trinajstić information content (AvgIpc) is 2.40. The summed E-state index contributed by atoms with van der Waals surface area (Å²) in [5, 5.41) is 0. The van der Waals surface area contributed by atoms with Crippen molar-refractivity contribution >= 4 is 18.3 Å². The van der Waals surface area contributed by atoms with Gasteiger partial charge in [-0.15, -0.1) is 12.4 Å². The van der Waals surface area contributed by atoms with Gasteiger partial charge >= 0.3 is 0 Å². The SMILES string of the molecule is CC1(C)CN(C(=O)COc2ccccc2)CCC1N.Cl. The number of para-hydroxylation sites is 1. The predicted molar refractivity (Wildman–Crippen MR) is 82.1 cm³/mol. The molecule has 1 amide bonds. The lowest BCUT2D eigenvalue weighted by atomic mass is 9.80. The summed E-state index contributed by atoms with van der Waals surface area (Å²) in [5.74, 6) is 0.757. The molecule has 2 N–H and O–H groups in total. The van der Waals surface area contributed by atoms with Gasteiger partial charge in [0.15, 0.2) is 6.61 Å². The van der Waals surface area contributed by atoms with Crippen molar-refractivity contribution in [3.63, 3.8) is 0 Å². The number of likely N-dealkylation sites (tertiary alicyclic amines) is 1. The third kappa shape index (κ3) is 4.12. The van der Waals surface area contributed by atoms with Crippen LogP contribution in [0.1, 0.15) is 20.3 Å². The highest BCUT2D eigenvalue weighted by molar-refractivity contribution is 5.85. The van der Waals surface area contributed by atoms with E-state index >= 15 is 0 Å². The van der Waals surface area contributed by atoms with Gasteiger partial charge in [-0.05, 0) is 24.0 Å². The van der Waals surface area contributed by atoms with Crippen LogP contribution in [0.2, 0.25) is 0 Å². The molecule has 1 atom stereocenters. The molecule has 2 rings (SSSR count). The Morgan fingerprint density at radius 1 is 1.40 bits per heavy atom. The predicted octanol–water partition coefficient (Wildman–Crippen LogP) is 2.07. The molecule has 0 radical (unpaired) electrons. The third-order valence-electron chi connectivity index (χ3n) is 3.77. The summed E-state index contributed by atoms with van der Waals surface area (Å²) < 4.78 is 5.49. The second-order valence-electron chi connectivity index (χ2n) is 5.80. The Morgan fingerprint density at radius 3 is 2.65 bits per heavy atom. The number of rotatable bonds is 3. The third-order valence-corrected chi connectivity index (χ3v) is 3.77. The smallest absolute Gasteiger partial charge is 0.260 e. The van der Waals surface area contributed by atoms with Crippen molar-refractivity contribution in [2.24, 2.45) is 11.1 Å². The number of amides is 1. The van der Waals surface area contributed by atoms with E-state index in [1.165, 1.54) is 0 Å². The molecule has 0 spiro atoms. The van der Waals surface area contributed by atoms with Crippen molar-refractivity contribution in [3.8, 4) is 5.75 Å². The number of ether oxygens (including phenoxy) is 1. The first kappa shape index (κ1) is 16.8. The summed E-state index contributed by atoms with van der Waals surface area (Å²) in [6, 6.07) is 9.56. The molecule has 5 heteroatoms. The minimum Gasteiger partial charge on any atom is -0.484 e. The average molecular weight is 299 g/mol. The molecular formula is C15H23ClN2O2. The summed E-state index contributed by atoms with van der Waals surface area (Å²) >= 11 is 0. The van der Waals surface area contributed by atoms with Gasteiger partial charge in [0, 0.05) is 19.1 Å². The zero-order valence-electron chi connectivity index (χ0n) is 12.0. The van der Waals surface area contributed by atoms with Crippen LogP contribution < -0.4 is 10.5 Å². The monoisotopic (exact) mass is 298 g/mol. The first-order valence-electron chi connectivity index (χ1n) is 6.70. The highest BCUT2D eigenvalue weighted by Gasteiger charge is 2.35. The van der Waals surface area contributed by atoms with Crippen LogP contribution in [0.3, 0.4) is 0 Å². The summed E-state index contributed by atoms with van der Waals surface area (Å²) in [6.45, 7) is 5.73. The first-order chi connectivity index (χ1) is 8.99. The van der Waals surface area contributed by atoms with E-state index in [2.05, 4.69) is 13.8 Å². The van der Waals surface area contributed by atoms with Crippen LogP contribution in [0.15, 0.2) is 30.3 Å². The van der Waals surface area contributed by atoms with Crippen LogP contribution >= 0.6 is 12.4 Å². The summed E-state index contributed by atoms with van der Waals surface area (Å²) in [5.41, 5.74) is 6.04. The van der Waals surface area contributed by atoms with E-state index < -0.39 is 0 Å². The van der Waals surface area contributed by atoms with Gasteiger partial charge in [-0.1, -0.05) is 32.0 Å². The molecule has 0 saturated carbocycles. The second kappa shape index (κ2) is 6.95. The molecule has 1 heterocycles. The normalized spacial score (nSPS) is 20.9. The molecule has 1 saturated heterocycles. The molecule has 112 valence electrons. The topological polar surface area (TPSA) is 55.6 Å². The quantitative estimate of drug-likeness (QED) is 0.929. The highest BCUT2D eigenvalue weighted by Crippen LogP contribution is 2.27. The van der Waals surface area contributed by atoms with Crippen molar-refractivity contribution in [2.45, 2.75) is 26.3 Å². The molecule has 1 aliphatic rings. The number of benzene rings is 1. The molecule has 1 aromatic rings. The molecule has 1 unspecified atom stereocenters. The Hall–Kier alpha value is -1.26. The van der Waals surface area contributed by atoms with Crippen molar-refractivity contribution in [1.29, 1.82) is 0 Å². The minimum absolute atomic E-state index is 0. The van der Waals surface area contributed by atoms with Gasteiger partial charge in [-0.3, -0.25) is 4.79 Å². The van der Waals surface area contributed by atoms with Crippen LogP contribution in [0.25, 0.3) is 0 Å². The van der Waals surface area contributed by atoms with Crippen LogP contribution in [0.4, 0.5) is 0 Å². The van der Waals surface area contributed by atoms with Gasteiger partial charge in [-0.2, -0.15) is 0 Å². The fraction of sp³-hybridized carbons (Fsp3) is 0.533. The molecular weight excluding hydrogens is 276 g/mol. The second-order valence-corrected chi connectivity index (χ2v) is 5.80. The van der Waals surface area contributed by atoms with Gasteiger partial charge in [0.2, 0.25) is 0 Å². The Labute approximate surface area is 126 Å². The lowest BCUT2D eigenvalue weighted by Gasteiger charge is -2.42. The lowest BCUT2D eigenvalue weighted by molar-refractivity contribution is -0.136. The van der Waals surface area contributed by atoms with E-state index in [0.29, 0.717) is 6.54 Å². The number of hydrogen-bond acceptors (Lipinski definition) is 3. The molecule has 1 aliphatic heterocycles. The molecule has 0 bridgehead atoms. The summed E-state index contributed by atoms with van der Waals surface area (Å²) in [7, 11) is 0. The van der Waals surface area contributed by atoms with Gasteiger partial charge in [0.1, 0.15) is 5.75 Å². The highest BCUT2D eigenvalue weighted by atomic mass is 35.5. The Morgan fingerprint density at radius 2 is 2.05 bits per heavy atom. The zero-order chi connectivity index (χ0) is 13.9. The van der Waals surface area contributed by atoms with Crippen molar-refractivity contribution < 1.29 is 9.53 Å². The van der Waals surface area contributed by atoms with Gasteiger partial charge in [0.25, 0.3) is 5.91 Å². The molecule has 1 aromatic carbocycles. The Kier molecular flexibility index (Phi) is 5.84. The molecule has 20 heavy (non-hydrogen) atoms. The van der Waals surface area contributed by atoms with Crippen LogP contribution in [0, 0.1) is 5.41 Å². The fourth-order valence-electron chi connectivity index (χ4n) is 2.34. The standard InChI is InChI=1S/C15H22N2O2.ClH/c1-15(2)11-17(9-8-13(15)16)14(18)10-19-12-6-4-3-5-7-12;/h3-7,13H,8-11,16H2,1-2H3;1H.